The SMILES string of the molecule is CN(CC1CC(Br)C1)S(=O)(=O)CCC(C)(C)C. The number of halogens is 1. The zero-order valence-electron chi connectivity index (χ0n) is 11.2. The van der Waals surface area contributed by atoms with Crippen LogP contribution in [0.2, 0.25) is 0 Å². The lowest BCUT2D eigenvalue weighted by Gasteiger charge is -2.34. The molecule has 5 heteroatoms. The molecule has 0 aromatic rings. The second-order valence-corrected chi connectivity index (χ2v) is 9.83. The predicted molar refractivity (Wildman–Crippen MR) is 75.9 cm³/mol. The van der Waals surface area contributed by atoms with E-state index in [1.807, 2.05) is 0 Å². The van der Waals surface area contributed by atoms with Gasteiger partial charge in [0.25, 0.3) is 0 Å². The molecule has 3 nitrogen and oxygen atoms in total. The van der Waals surface area contributed by atoms with Crippen molar-refractivity contribution < 1.29 is 8.42 Å². The average molecular weight is 326 g/mol. The van der Waals surface area contributed by atoms with Crippen LogP contribution in [0.1, 0.15) is 40.0 Å². The molecule has 1 saturated carbocycles. The standard InChI is InChI=1S/C12H24BrNO2S/c1-12(2,3)5-6-17(15,16)14(4)9-10-7-11(13)8-10/h10-11H,5-9H2,1-4H3. The lowest BCUT2D eigenvalue weighted by molar-refractivity contribution is 0.274. The first-order valence-electron chi connectivity index (χ1n) is 6.18. The highest BCUT2D eigenvalue weighted by atomic mass is 79.9. The summed E-state index contributed by atoms with van der Waals surface area (Å²) in [5, 5.41) is 0. The maximum atomic E-state index is 12.0. The molecule has 102 valence electrons. The molecule has 0 aliphatic heterocycles. The van der Waals surface area contributed by atoms with Gasteiger partial charge in [-0.15, -0.1) is 0 Å². The van der Waals surface area contributed by atoms with Gasteiger partial charge in [0.05, 0.1) is 5.75 Å². The minimum atomic E-state index is -3.06. The van der Waals surface area contributed by atoms with Crippen LogP contribution in [0.15, 0.2) is 0 Å². The second kappa shape index (κ2) is 5.57. The van der Waals surface area contributed by atoms with E-state index in [-0.39, 0.29) is 11.2 Å². The Balaban J connectivity index is 2.41. The molecule has 0 atom stereocenters. The van der Waals surface area contributed by atoms with Crippen LogP contribution < -0.4 is 0 Å². The lowest BCUT2D eigenvalue weighted by Crippen LogP contribution is -2.39. The fourth-order valence-corrected chi connectivity index (χ4v) is 4.55. The molecule has 0 bridgehead atoms. The Kier molecular flexibility index (Phi) is 5.07. The first kappa shape index (κ1) is 15.4. The van der Waals surface area contributed by atoms with Crippen molar-refractivity contribution in [2.75, 3.05) is 19.3 Å². The normalized spacial score (nSPS) is 26.0. The van der Waals surface area contributed by atoms with E-state index in [0.717, 1.165) is 12.8 Å². The van der Waals surface area contributed by atoms with Gasteiger partial charge in [0.15, 0.2) is 0 Å². The molecule has 0 unspecified atom stereocenters. The van der Waals surface area contributed by atoms with Crippen molar-refractivity contribution in [1.29, 1.82) is 0 Å². The van der Waals surface area contributed by atoms with Crippen LogP contribution in [0.4, 0.5) is 0 Å². The minimum Gasteiger partial charge on any atom is -0.212 e. The summed E-state index contributed by atoms with van der Waals surface area (Å²) in [4.78, 5) is 0.596. The van der Waals surface area contributed by atoms with E-state index < -0.39 is 10.0 Å². The number of nitrogens with zero attached hydrogens (tertiary/aromatic N) is 1. The number of hydrogen-bond donors (Lipinski definition) is 0. The number of alkyl halides is 1. The van der Waals surface area contributed by atoms with Crippen molar-refractivity contribution in [3.05, 3.63) is 0 Å². The van der Waals surface area contributed by atoms with E-state index in [1.165, 1.54) is 0 Å². The van der Waals surface area contributed by atoms with Crippen LogP contribution >= 0.6 is 15.9 Å². The maximum absolute atomic E-state index is 12.0. The molecule has 1 aliphatic rings. The van der Waals surface area contributed by atoms with Crippen molar-refractivity contribution in [2.45, 2.75) is 44.9 Å². The van der Waals surface area contributed by atoms with Crippen LogP contribution in [-0.4, -0.2) is 36.9 Å². The van der Waals surface area contributed by atoms with Crippen LogP contribution in [0.3, 0.4) is 0 Å². The van der Waals surface area contributed by atoms with Crippen molar-refractivity contribution in [3.8, 4) is 0 Å². The van der Waals surface area contributed by atoms with Gasteiger partial charge in [-0.1, -0.05) is 36.7 Å². The zero-order chi connectivity index (χ0) is 13.3. The third-order valence-electron chi connectivity index (χ3n) is 3.28. The summed E-state index contributed by atoms with van der Waals surface area (Å²) in [6.45, 7) is 6.90. The average Bonchev–Trinajstić information content (AvgIpc) is 2.11. The smallest absolute Gasteiger partial charge is 0.212 e. The van der Waals surface area contributed by atoms with E-state index >= 15 is 0 Å². The third-order valence-corrected chi connectivity index (χ3v) is 5.84. The van der Waals surface area contributed by atoms with E-state index in [1.54, 1.807) is 11.4 Å². The van der Waals surface area contributed by atoms with Gasteiger partial charge in [-0.2, -0.15) is 0 Å². The molecule has 0 spiro atoms. The molecule has 0 aromatic heterocycles. The Morgan fingerprint density at radius 3 is 2.24 bits per heavy atom. The Morgan fingerprint density at radius 1 is 1.29 bits per heavy atom. The molecular formula is C12H24BrNO2S. The van der Waals surface area contributed by atoms with Gasteiger partial charge in [-0.05, 0) is 30.6 Å². The quantitative estimate of drug-likeness (QED) is 0.729. The lowest BCUT2D eigenvalue weighted by atomic mass is 9.85. The number of hydrogen-bond acceptors (Lipinski definition) is 2. The van der Waals surface area contributed by atoms with Crippen molar-refractivity contribution in [1.82, 2.24) is 4.31 Å². The molecule has 1 aliphatic carbocycles. The van der Waals surface area contributed by atoms with E-state index in [0.29, 0.717) is 23.7 Å². The summed E-state index contributed by atoms with van der Waals surface area (Å²) in [5.74, 6) is 0.797. The molecule has 17 heavy (non-hydrogen) atoms. The molecule has 0 saturated heterocycles. The Bertz CT molecular complexity index is 342. The fourth-order valence-electron chi connectivity index (χ4n) is 1.87. The highest BCUT2D eigenvalue weighted by molar-refractivity contribution is 9.09. The summed E-state index contributed by atoms with van der Waals surface area (Å²) in [6.07, 6.45) is 2.91. The predicted octanol–water partition coefficient (Wildman–Crippen LogP) is 2.86. The molecule has 0 heterocycles. The Morgan fingerprint density at radius 2 is 1.82 bits per heavy atom. The molecule has 0 N–H and O–H groups in total. The maximum Gasteiger partial charge on any atom is 0.213 e. The number of rotatable bonds is 5. The first-order chi connectivity index (χ1) is 7.60. The molecule has 0 amide bonds. The molecule has 0 radical (unpaired) electrons. The monoisotopic (exact) mass is 325 g/mol. The van der Waals surface area contributed by atoms with Crippen LogP contribution in [0.25, 0.3) is 0 Å². The van der Waals surface area contributed by atoms with Gasteiger partial charge in [-0.25, -0.2) is 12.7 Å². The number of sulfonamides is 1. The van der Waals surface area contributed by atoms with Gasteiger partial charge in [0, 0.05) is 18.4 Å². The first-order valence-corrected chi connectivity index (χ1v) is 8.71. The van der Waals surface area contributed by atoms with Gasteiger partial charge >= 0.3 is 0 Å². The van der Waals surface area contributed by atoms with Crippen LogP contribution in [0, 0.1) is 11.3 Å². The topological polar surface area (TPSA) is 37.4 Å². The molecular weight excluding hydrogens is 302 g/mol. The highest BCUT2D eigenvalue weighted by Gasteiger charge is 2.31. The van der Waals surface area contributed by atoms with Gasteiger partial charge < -0.3 is 0 Å². The summed E-state index contributed by atoms with van der Waals surface area (Å²) in [5.41, 5.74) is 0.0747. The zero-order valence-corrected chi connectivity index (χ0v) is 13.6. The van der Waals surface area contributed by atoms with Crippen LogP contribution in [-0.2, 0) is 10.0 Å². The van der Waals surface area contributed by atoms with Gasteiger partial charge in [0.2, 0.25) is 10.0 Å². The summed E-state index contributed by atoms with van der Waals surface area (Å²) in [7, 11) is -1.36. The Labute approximate surface area is 114 Å². The van der Waals surface area contributed by atoms with Crippen LogP contribution in [0.5, 0.6) is 0 Å². The largest absolute Gasteiger partial charge is 0.213 e. The van der Waals surface area contributed by atoms with E-state index in [4.69, 9.17) is 0 Å². The van der Waals surface area contributed by atoms with E-state index in [2.05, 4.69) is 36.7 Å². The van der Waals surface area contributed by atoms with E-state index in [9.17, 15) is 8.42 Å². The van der Waals surface area contributed by atoms with Gasteiger partial charge in [-0.3, -0.25) is 0 Å². The second-order valence-electron chi connectivity index (χ2n) is 6.34. The fraction of sp³-hybridized carbons (Fsp3) is 1.00. The summed E-state index contributed by atoms with van der Waals surface area (Å²) < 4.78 is 25.6. The summed E-state index contributed by atoms with van der Waals surface area (Å²) >= 11 is 3.53. The third kappa shape index (κ3) is 5.26. The van der Waals surface area contributed by atoms with Gasteiger partial charge in [0.1, 0.15) is 0 Å². The summed E-state index contributed by atoms with van der Waals surface area (Å²) in [6, 6.07) is 0. The van der Waals surface area contributed by atoms with Crippen molar-refractivity contribution in [3.63, 3.8) is 0 Å². The molecule has 1 rings (SSSR count). The Hall–Kier alpha value is 0.390. The highest BCUT2D eigenvalue weighted by Crippen LogP contribution is 2.34. The molecule has 1 fully saturated rings. The minimum absolute atomic E-state index is 0.0747. The molecule has 0 aromatic carbocycles. The van der Waals surface area contributed by atoms with Crippen molar-refractivity contribution in [2.24, 2.45) is 11.3 Å². The van der Waals surface area contributed by atoms with Crippen molar-refractivity contribution >= 4 is 26.0 Å².